The fourth-order valence-corrected chi connectivity index (χ4v) is 3.43. The molecule has 1 aliphatic heterocycles. The summed E-state index contributed by atoms with van der Waals surface area (Å²) in [4.78, 5) is 12.5. The first kappa shape index (κ1) is 16.2. The molecular formula is C20H17N3O3. The van der Waals surface area contributed by atoms with E-state index in [-0.39, 0.29) is 17.2 Å². The first-order valence-corrected chi connectivity index (χ1v) is 8.46. The van der Waals surface area contributed by atoms with E-state index in [1.165, 1.54) is 0 Å². The second-order valence-corrected chi connectivity index (χ2v) is 6.52. The van der Waals surface area contributed by atoms with Gasteiger partial charge in [0.15, 0.2) is 11.5 Å². The lowest BCUT2D eigenvalue weighted by Crippen LogP contribution is -2.27. The van der Waals surface area contributed by atoms with Crippen LogP contribution in [0.2, 0.25) is 0 Å². The maximum absolute atomic E-state index is 12.5. The van der Waals surface area contributed by atoms with Gasteiger partial charge in [0, 0.05) is 30.0 Å². The summed E-state index contributed by atoms with van der Waals surface area (Å²) >= 11 is 0. The van der Waals surface area contributed by atoms with Gasteiger partial charge in [-0.1, -0.05) is 35.0 Å². The van der Waals surface area contributed by atoms with Crippen molar-refractivity contribution in [3.05, 3.63) is 64.4 Å². The third-order valence-corrected chi connectivity index (χ3v) is 4.77. The Morgan fingerprint density at radius 2 is 2.04 bits per heavy atom. The van der Waals surface area contributed by atoms with E-state index in [1.54, 1.807) is 6.07 Å². The summed E-state index contributed by atoms with van der Waals surface area (Å²) in [7, 11) is 0. The minimum atomic E-state index is -0.639. The van der Waals surface area contributed by atoms with E-state index in [2.05, 4.69) is 11.2 Å². The van der Waals surface area contributed by atoms with Gasteiger partial charge in [-0.25, -0.2) is 0 Å². The van der Waals surface area contributed by atoms with Gasteiger partial charge in [-0.05, 0) is 13.3 Å². The second-order valence-electron chi connectivity index (χ2n) is 6.52. The highest BCUT2D eigenvalue weighted by atomic mass is 16.5. The molecule has 2 N–H and O–H groups in total. The molecule has 6 heteroatoms. The standard InChI is InChI=1S/C20H17N3O3/c1-11-5-7-12(8-6-11)17-9-14(23-26-17)18-13(10-21)20(22)25-16-4-2-3-15(24)19(16)18/h5-9,18H,2-4,22H2,1H3. The Balaban J connectivity index is 1.80. The van der Waals surface area contributed by atoms with Crippen LogP contribution < -0.4 is 5.73 Å². The Morgan fingerprint density at radius 1 is 1.27 bits per heavy atom. The van der Waals surface area contributed by atoms with Crippen LogP contribution in [0.1, 0.15) is 36.4 Å². The monoisotopic (exact) mass is 347 g/mol. The number of carbonyl (C=O) groups is 1. The van der Waals surface area contributed by atoms with Crippen molar-refractivity contribution in [2.75, 3.05) is 0 Å². The van der Waals surface area contributed by atoms with Gasteiger partial charge < -0.3 is 15.0 Å². The molecule has 1 aromatic heterocycles. The molecule has 130 valence electrons. The number of ether oxygens (including phenoxy) is 1. The van der Waals surface area contributed by atoms with E-state index in [4.69, 9.17) is 15.0 Å². The number of hydrogen-bond donors (Lipinski definition) is 1. The van der Waals surface area contributed by atoms with E-state index >= 15 is 0 Å². The van der Waals surface area contributed by atoms with Crippen LogP contribution in [0.3, 0.4) is 0 Å². The van der Waals surface area contributed by atoms with Crippen molar-refractivity contribution in [3.63, 3.8) is 0 Å². The molecular weight excluding hydrogens is 330 g/mol. The van der Waals surface area contributed by atoms with Crippen LogP contribution in [-0.4, -0.2) is 10.9 Å². The lowest BCUT2D eigenvalue weighted by atomic mass is 9.79. The fourth-order valence-electron chi connectivity index (χ4n) is 3.43. The number of nitriles is 1. The molecule has 2 aromatic rings. The number of hydrogen-bond acceptors (Lipinski definition) is 6. The van der Waals surface area contributed by atoms with Crippen molar-refractivity contribution in [2.45, 2.75) is 32.1 Å². The average molecular weight is 347 g/mol. The quantitative estimate of drug-likeness (QED) is 0.892. The molecule has 0 amide bonds. The normalized spacial score (nSPS) is 19.8. The Kier molecular flexibility index (Phi) is 3.85. The average Bonchev–Trinajstić information content (AvgIpc) is 3.11. The molecule has 1 atom stereocenters. The van der Waals surface area contributed by atoms with Crippen molar-refractivity contribution in [3.8, 4) is 17.4 Å². The zero-order valence-corrected chi connectivity index (χ0v) is 14.3. The summed E-state index contributed by atoms with van der Waals surface area (Å²) in [5.74, 6) is 0.483. The number of carbonyl (C=O) groups excluding carboxylic acids is 1. The number of Topliss-reactive ketones (excluding diaryl/α,β-unsaturated/α-hetero) is 1. The minimum Gasteiger partial charge on any atom is -0.444 e. The third-order valence-electron chi connectivity index (χ3n) is 4.77. The second kappa shape index (κ2) is 6.19. The number of rotatable bonds is 2. The number of aromatic nitrogens is 1. The molecule has 0 bridgehead atoms. The molecule has 4 rings (SSSR count). The molecule has 1 aliphatic carbocycles. The largest absolute Gasteiger partial charge is 0.444 e. The van der Waals surface area contributed by atoms with Gasteiger partial charge in [-0.3, -0.25) is 4.79 Å². The lowest BCUT2D eigenvalue weighted by molar-refractivity contribution is -0.116. The van der Waals surface area contributed by atoms with Crippen molar-refractivity contribution < 1.29 is 14.1 Å². The molecule has 0 fully saturated rings. The molecule has 2 aliphatic rings. The van der Waals surface area contributed by atoms with Gasteiger partial charge in [0.1, 0.15) is 17.4 Å². The number of benzene rings is 1. The van der Waals surface area contributed by atoms with Gasteiger partial charge in [0.2, 0.25) is 5.88 Å². The molecule has 0 saturated carbocycles. The number of aryl methyl sites for hydroxylation is 1. The van der Waals surface area contributed by atoms with Gasteiger partial charge >= 0.3 is 0 Å². The predicted molar refractivity (Wildman–Crippen MR) is 93.2 cm³/mol. The number of ketones is 1. The van der Waals surface area contributed by atoms with E-state index in [0.717, 1.165) is 11.1 Å². The smallest absolute Gasteiger partial charge is 0.205 e. The maximum Gasteiger partial charge on any atom is 0.205 e. The summed E-state index contributed by atoms with van der Waals surface area (Å²) in [6, 6.07) is 11.7. The number of allylic oxidation sites excluding steroid dienone is 3. The van der Waals surface area contributed by atoms with Gasteiger partial charge in [-0.2, -0.15) is 5.26 Å². The molecule has 6 nitrogen and oxygen atoms in total. The van der Waals surface area contributed by atoms with E-state index in [1.807, 2.05) is 31.2 Å². The molecule has 0 radical (unpaired) electrons. The van der Waals surface area contributed by atoms with Crippen LogP contribution in [0.15, 0.2) is 57.6 Å². The Bertz CT molecular complexity index is 990. The highest BCUT2D eigenvalue weighted by Gasteiger charge is 2.39. The number of nitrogens with two attached hydrogens (primary N) is 1. The minimum absolute atomic E-state index is 0.0311. The molecule has 1 unspecified atom stereocenters. The fraction of sp³-hybridized carbons (Fsp3) is 0.250. The summed E-state index contributed by atoms with van der Waals surface area (Å²) in [6.45, 7) is 2.01. The molecule has 0 saturated heterocycles. The Hall–Kier alpha value is -3.33. The van der Waals surface area contributed by atoms with E-state index in [9.17, 15) is 10.1 Å². The van der Waals surface area contributed by atoms with Crippen LogP contribution in [0, 0.1) is 18.3 Å². The van der Waals surface area contributed by atoms with Crippen molar-refractivity contribution >= 4 is 5.78 Å². The van der Waals surface area contributed by atoms with Gasteiger partial charge in [-0.15, -0.1) is 0 Å². The Morgan fingerprint density at radius 3 is 2.77 bits per heavy atom. The zero-order chi connectivity index (χ0) is 18.3. The summed E-state index contributed by atoms with van der Waals surface area (Å²) in [6.07, 6.45) is 1.77. The van der Waals surface area contributed by atoms with Crippen LogP contribution in [0.25, 0.3) is 11.3 Å². The topological polar surface area (TPSA) is 102 Å². The van der Waals surface area contributed by atoms with Crippen LogP contribution in [0.4, 0.5) is 0 Å². The van der Waals surface area contributed by atoms with E-state index < -0.39 is 5.92 Å². The highest BCUT2D eigenvalue weighted by molar-refractivity contribution is 5.99. The van der Waals surface area contributed by atoms with Crippen LogP contribution >= 0.6 is 0 Å². The summed E-state index contributed by atoms with van der Waals surface area (Å²) < 4.78 is 11.0. The summed E-state index contributed by atoms with van der Waals surface area (Å²) in [5, 5.41) is 13.7. The highest BCUT2D eigenvalue weighted by Crippen LogP contribution is 2.43. The zero-order valence-electron chi connectivity index (χ0n) is 14.3. The lowest BCUT2D eigenvalue weighted by Gasteiger charge is -2.29. The SMILES string of the molecule is Cc1ccc(-c2cc(C3C(C#N)=C(N)OC4=C3C(=O)CCC4)no2)cc1. The Labute approximate surface area is 150 Å². The first-order valence-electron chi connectivity index (χ1n) is 8.46. The van der Waals surface area contributed by atoms with Crippen LogP contribution in [-0.2, 0) is 9.53 Å². The van der Waals surface area contributed by atoms with Gasteiger partial charge in [0.05, 0.1) is 11.6 Å². The van der Waals surface area contributed by atoms with Crippen LogP contribution in [0.5, 0.6) is 0 Å². The van der Waals surface area contributed by atoms with E-state index in [0.29, 0.717) is 42.0 Å². The van der Waals surface area contributed by atoms with Crippen molar-refractivity contribution in [1.82, 2.24) is 5.16 Å². The van der Waals surface area contributed by atoms with Crippen molar-refractivity contribution in [2.24, 2.45) is 5.73 Å². The van der Waals surface area contributed by atoms with Crippen molar-refractivity contribution in [1.29, 1.82) is 5.26 Å². The predicted octanol–water partition coefficient (Wildman–Crippen LogP) is 3.46. The molecule has 0 spiro atoms. The molecule has 1 aromatic carbocycles. The first-order chi connectivity index (χ1) is 12.6. The third kappa shape index (κ3) is 2.58. The van der Waals surface area contributed by atoms with Gasteiger partial charge in [0.25, 0.3) is 0 Å². The molecule has 26 heavy (non-hydrogen) atoms. The molecule has 2 heterocycles. The number of nitrogens with zero attached hydrogens (tertiary/aromatic N) is 2. The summed E-state index contributed by atoms with van der Waals surface area (Å²) in [5.41, 5.74) is 9.12. The maximum atomic E-state index is 12.5.